The van der Waals surface area contributed by atoms with E-state index in [1.165, 1.54) is 0 Å². The SMILES string of the molecule is O=C(CCl)NCCc1ccc2nc[nH]c2c1. The molecule has 0 bridgehead atoms. The molecule has 0 saturated heterocycles. The summed E-state index contributed by atoms with van der Waals surface area (Å²) in [5.74, 6) is -0.121. The topological polar surface area (TPSA) is 57.8 Å². The van der Waals surface area contributed by atoms with Crippen molar-refractivity contribution in [1.29, 1.82) is 0 Å². The molecule has 0 unspecified atom stereocenters. The number of hydrogen-bond donors (Lipinski definition) is 2. The first kappa shape index (κ1) is 11.0. The number of nitrogens with zero attached hydrogens (tertiary/aromatic N) is 1. The Morgan fingerprint density at radius 1 is 1.50 bits per heavy atom. The van der Waals surface area contributed by atoms with Gasteiger partial charge in [-0.3, -0.25) is 4.79 Å². The quantitative estimate of drug-likeness (QED) is 0.791. The predicted octanol–water partition coefficient (Wildman–Crippen LogP) is 1.46. The van der Waals surface area contributed by atoms with E-state index in [1.54, 1.807) is 6.33 Å². The van der Waals surface area contributed by atoms with Gasteiger partial charge in [0.05, 0.1) is 17.4 Å². The van der Waals surface area contributed by atoms with E-state index in [0.717, 1.165) is 23.0 Å². The van der Waals surface area contributed by atoms with E-state index in [1.807, 2.05) is 18.2 Å². The minimum absolute atomic E-state index is 0.0135. The van der Waals surface area contributed by atoms with Crippen LogP contribution in [0.25, 0.3) is 11.0 Å². The van der Waals surface area contributed by atoms with Crippen molar-refractivity contribution in [2.45, 2.75) is 6.42 Å². The number of imidazole rings is 1. The monoisotopic (exact) mass is 237 g/mol. The number of halogens is 1. The number of nitrogens with one attached hydrogen (secondary N) is 2. The largest absolute Gasteiger partial charge is 0.355 e. The van der Waals surface area contributed by atoms with Crippen LogP contribution >= 0.6 is 11.6 Å². The average Bonchev–Trinajstić information content (AvgIpc) is 2.76. The first-order chi connectivity index (χ1) is 7.79. The number of aromatic amines is 1. The molecule has 84 valence electrons. The molecule has 1 heterocycles. The number of carbonyl (C=O) groups excluding carboxylic acids is 1. The minimum Gasteiger partial charge on any atom is -0.355 e. The Bertz CT molecular complexity index is 495. The number of fused-ring (bicyclic) bond motifs is 1. The number of hydrogen-bond acceptors (Lipinski definition) is 2. The summed E-state index contributed by atoms with van der Waals surface area (Å²) in [6.45, 7) is 0.602. The highest BCUT2D eigenvalue weighted by Crippen LogP contribution is 2.11. The number of amides is 1. The Morgan fingerprint density at radius 3 is 3.19 bits per heavy atom. The highest BCUT2D eigenvalue weighted by Gasteiger charge is 2.00. The lowest BCUT2D eigenvalue weighted by atomic mass is 10.1. The van der Waals surface area contributed by atoms with Crippen molar-refractivity contribution >= 4 is 28.5 Å². The Labute approximate surface area is 98.0 Å². The molecule has 0 saturated carbocycles. The number of alkyl halides is 1. The minimum atomic E-state index is -0.135. The average molecular weight is 238 g/mol. The number of aromatic nitrogens is 2. The van der Waals surface area contributed by atoms with Crippen LogP contribution in [-0.2, 0) is 11.2 Å². The van der Waals surface area contributed by atoms with Crippen LogP contribution in [0.2, 0.25) is 0 Å². The van der Waals surface area contributed by atoms with Crippen LogP contribution in [0.1, 0.15) is 5.56 Å². The van der Waals surface area contributed by atoms with Gasteiger partial charge >= 0.3 is 0 Å². The molecule has 0 spiro atoms. The number of carbonyl (C=O) groups is 1. The third-order valence-electron chi connectivity index (χ3n) is 2.34. The standard InChI is InChI=1S/C11H12ClN3O/c12-6-11(16)13-4-3-8-1-2-9-10(5-8)15-7-14-9/h1-2,5,7H,3-4,6H2,(H,13,16)(H,14,15). The molecule has 4 nitrogen and oxygen atoms in total. The number of H-pyrrole nitrogens is 1. The molecule has 1 aromatic heterocycles. The zero-order valence-corrected chi connectivity index (χ0v) is 9.42. The molecular weight excluding hydrogens is 226 g/mol. The maximum Gasteiger partial charge on any atom is 0.234 e. The van der Waals surface area contributed by atoms with E-state index in [0.29, 0.717) is 6.54 Å². The van der Waals surface area contributed by atoms with Crippen molar-refractivity contribution in [3.05, 3.63) is 30.1 Å². The third-order valence-corrected chi connectivity index (χ3v) is 2.58. The molecule has 2 rings (SSSR count). The fraction of sp³-hybridized carbons (Fsp3) is 0.273. The van der Waals surface area contributed by atoms with Crippen LogP contribution < -0.4 is 5.32 Å². The Kier molecular flexibility index (Phi) is 3.41. The summed E-state index contributed by atoms with van der Waals surface area (Å²) < 4.78 is 0. The first-order valence-corrected chi connectivity index (χ1v) is 5.58. The van der Waals surface area contributed by atoms with Crippen molar-refractivity contribution in [3.8, 4) is 0 Å². The molecule has 16 heavy (non-hydrogen) atoms. The Morgan fingerprint density at radius 2 is 2.38 bits per heavy atom. The molecule has 1 amide bonds. The van der Waals surface area contributed by atoms with Gasteiger partial charge in [0.15, 0.2) is 0 Å². The van der Waals surface area contributed by atoms with E-state index >= 15 is 0 Å². The van der Waals surface area contributed by atoms with Gasteiger partial charge in [-0.2, -0.15) is 0 Å². The van der Waals surface area contributed by atoms with Crippen LogP contribution in [0.5, 0.6) is 0 Å². The van der Waals surface area contributed by atoms with Crippen molar-refractivity contribution in [1.82, 2.24) is 15.3 Å². The van der Waals surface area contributed by atoms with Gasteiger partial charge in [-0.1, -0.05) is 6.07 Å². The van der Waals surface area contributed by atoms with Crippen LogP contribution in [-0.4, -0.2) is 28.3 Å². The zero-order valence-electron chi connectivity index (χ0n) is 8.66. The second-order valence-electron chi connectivity index (χ2n) is 3.49. The van der Waals surface area contributed by atoms with Gasteiger partial charge in [-0.15, -0.1) is 11.6 Å². The maximum atomic E-state index is 10.9. The molecule has 5 heteroatoms. The van der Waals surface area contributed by atoms with Gasteiger partial charge in [0.1, 0.15) is 5.88 Å². The van der Waals surface area contributed by atoms with Gasteiger partial charge in [0.2, 0.25) is 5.91 Å². The van der Waals surface area contributed by atoms with Crippen molar-refractivity contribution in [2.75, 3.05) is 12.4 Å². The lowest BCUT2D eigenvalue weighted by Gasteiger charge is -2.03. The summed E-state index contributed by atoms with van der Waals surface area (Å²) in [5.41, 5.74) is 3.13. The van der Waals surface area contributed by atoms with Gasteiger partial charge in [0, 0.05) is 6.54 Å². The van der Waals surface area contributed by atoms with Crippen molar-refractivity contribution < 1.29 is 4.79 Å². The lowest BCUT2D eigenvalue weighted by Crippen LogP contribution is -2.26. The van der Waals surface area contributed by atoms with Crippen LogP contribution in [0.15, 0.2) is 24.5 Å². The van der Waals surface area contributed by atoms with Gasteiger partial charge in [0.25, 0.3) is 0 Å². The molecule has 1 aromatic carbocycles. The molecule has 0 aliphatic heterocycles. The maximum absolute atomic E-state index is 10.9. The molecule has 2 aromatic rings. The van der Waals surface area contributed by atoms with Crippen LogP contribution in [0.3, 0.4) is 0 Å². The molecule has 0 fully saturated rings. The summed E-state index contributed by atoms with van der Waals surface area (Å²) >= 11 is 5.37. The van der Waals surface area contributed by atoms with Crippen molar-refractivity contribution in [3.63, 3.8) is 0 Å². The fourth-order valence-electron chi connectivity index (χ4n) is 1.53. The molecular formula is C11H12ClN3O. The number of rotatable bonds is 4. The second kappa shape index (κ2) is 4.99. The summed E-state index contributed by atoms with van der Waals surface area (Å²) in [5, 5.41) is 2.73. The third kappa shape index (κ3) is 2.52. The van der Waals surface area contributed by atoms with Gasteiger partial charge in [-0.25, -0.2) is 4.98 Å². The normalized spacial score (nSPS) is 10.6. The fourth-order valence-corrected chi connectivity index (χ4v) is 1.63. The van der Waals surface area contributed by atoms with E-state index in [9.17, 15) is 4.79 Å². The highest BCUT2D eigenvalue weighted by molar-refractivity contribution is 6.27. The molecule has 2 N–H and O–H groups in total. The summed E-state index contributed by atoms with van der Waals surface area (Å²) in [4.78, 5) is 18.1. The molecule has 0 radical (unpaired) electrons. The zero-order chi connectivity index (χ0) is 11.4. The van der Waals surface area contributed by atoms with E-state index in [-0.39, 0.29) is 11.8 Å². The molecule has 0 aliphatic rings. The molecule has 0 atom stereocenters. The Balaban J connectivity index is 1.96. The first-order valence-electron chi connectivity index (χ1n) is 5.04. The van der Waals surface area contributed by atoms with Crippen LogP contribution in [0.4, 0.5) is 0 Å². The predicted molar refractivity (Wildman–Crippen MR) is 63.5 cm³/mol. The van der Waals surface area contributed by atoms with E-state index < -0.39 is 0 Å². The summed E-state index contributed by atoms with van der Waals surface area (Å²) in [6.07, 6.45) is 2.46. The van der Waals surface area contributed by atoms with Crippen LogP contribution in [0, 0.1) is 0 Å². The van der Waals surface area contributed by atoms with Gasteiger partial charge < -0.3 is 10.3 Å². The van der Waals surface area contributed by atoms with Crippen molar-refractivity contribution in [2.24, 2.45) is 0 Å². The summed E-state index contributed by atoms with van der Waals surface area (Å²) in [7, 11) is 0. The number of benzene rings is 1. The van der Waals surface area contributed by atoms with Gasteiger partial charge in [-0.05, 0) is 24.1 Å². The molecule has 0 aliphatic carbocycles. The Hall–Kier alpha value is -1.55. The highest BCUT2D eigenvalue weighted by atomic mass is 35.5. The summed E-state index contributed by atoms with van der Waals surface area (Å²) in [6, 6.07) is 6.01. The lowest BCUT2D eigenvalue weighted by molar-refractivity contribution is -0.118. The van der Waals surface area contributed by atoms with E-state index in [2.05, 4.69) is 15.3 Å². The smallest absolute Gasteiger partial charge is 0.234 e. The van der Waals surface area contributed by atoms with E-state index in [4.69, 9.17) is 11.6 Å². The second-order valence-corrected chi connectivity index (χ2v) is 3.75.